The molecule has 6 nitrogen and oxygen atoms in total. The van der Waals surface area contributed by atoms with E-state index in [2.05, 4.69) is 4.90 Å². The average Bonchev–Trinajstić information content (AvgIpc) is 2.37. The van der Waals surface area contributed by atoms with Crippen LogP contribution in [0.1, 0.15) is 18.0 Å². The van der Waals surface area contributed by atoms with Gasteiger partial charge in [0.2, 0.25) is 0 Å². The van der Waals surface area contributed by atoms with Crippen LogP contribution in [0.25, 0.3) is 0 Å². The quantitative estimate of drug-likeness (QED) is 0.828. The zero-order valence-corrected chi connectivity index (χ0v) is 12.8. The highest BCUT2D eigenvalue weighted by Gasteiger charge is 2.28. The van der Waals surface area contributed by atoms with Gasteiger partial charge in [-0.15, -0.1) is 0 Å². The van der Waals surface area contributed by atoms with Gasteiger partial charge in [0.05, 0.1) is 13.5 Å². The molecule has 21 heavy (non-hydrogen) atoms. The number of methoxy groups -OCH3 is 1. The number of likely N-dealkylation sites (tertiary alicyclic amines) is 1. The van der Waals surface area contributed by atoms with Crippen molar-refractivity contribution in [2.24, 2.45) is 5.73 Å². The number of hydrogen-bond donors (Lipinski definition) is 2. The van der Waals surface area contributed by atoms with Crippen LogP contribution in [0.15, 0.2) is 12.1 Å². The Morgan fingerprint density at radius 2 is 2.24 bits per heavy atom. The third-order valence-electron chi connectivity index (χ3n) is 3.38. The Kier molecular flexibility index (Phi) is 4.92. The lowest BCUT2D eigenvalue weighted by molar-refractivity contribution is -0.137. The molecule has 0 saturated carbocycles. The Hall–Kier alpha value is -1.50. The van der Waals surface area contributed by atoms with Gasteiger partial charge in [0.15, 0.2) is 11.5 Å². The first-order chi connectivity index (χ1) is 9.90. The highest BCUT2D eigenvalue weighted by Crippen LogP contribution is 2.39. The van der Waals surface area contributed by atoms with Crippen LogP contribution in [0.4, 0.5) is 0 Å². The molecule has 2 rings (SSSR count). The Morgan fingerprint density at radius 3 is 2.76 bits per heavy atom. The summed E-state index contributed by atoms with van der Waals surface area (Å²) in [5.41, 5.74) is 6.52. The molecule has 1 aliphatic rings. The number of carboxylic acids is 1. The number of rotatable bonds is 6. The average molecular weight is 315 g/mol. The Morgan fingerprint density at radius 1 is 1.57 bits per heavy atom. The number of carboxylic acid groups (broad SMARTS) is 1. The minimum absolute atomic E-state index is 0.0425. The lowest BCUT2D eigenvalue weighted by Crippen LogP contribution is -2.51. The smallest absolute Gasteiger partial charge is 0.305 e. The number of hydrogen-bond acceptors (Lipinski definition) is 5. The first kappa shape index (κ1) is 15.9. The molecule has 0 spiro atoms. The van der Waals surface area contributed by atoms with Crippen LogP contribution in [-0.2, 0) is 4.79 Å². The molecule has 1 heterocycles. The normalized spacial score (nSPS) is 17.1. The second-order valence-corrected chi connectivity index (χ2v) is 5.63. The number of halogens is 1. The summed E-state index contributed by atoms with van der Waals surface area (Å²) in [5, 5.41) is 9.35. The molecule has 1 aliphatic heterocycles. The maximum Gasteiger partial charge on any atom is 0.305 e. The van der Waals surface area contributed by atoms with E-state index >= 15 is 0 Å². The highest BCUT2D eigenvalue weighted by molar-refractivity contribution is 6.30. The lowest BCUT2D eigenvalue weighted by Gasteiger charge is -2.37. The molecule has 0 radical (unpaired) electrons. The van der Waals surface area contributed by atoms with Crippen LogP contribution in [0.3, 0.4) is 0 Å². The van der Waals surface area contributed by atoms with E-state index in [1.54, 1.807) is 12.1 Å². The predicted octanol–water partition coefficient (Wildman–Crippen LogP) is 1.52. The van der Waals surface area contributed by atoms with E-state index in [0.29, 0.717) is 22.1 Å². The van der Waals surface area contributed by atoms with E-state index in [-0.39, 0.29) is 12.5 Å². The number of ether oxygens (including phenoxy) is 2. The van der Waals surface area contributed by atoms with Crippen LogP contribution in [0.5, 0.6) is 11.5 Å². The minimum Gasteiger partial charge on any atom is -0.493 e. The van der Waals surface area contributed by atoms with Crippen LogP contribution in [-0.4, -0.2) is 49.3 Å². The third kappa shape index (κ3) is 3.78. The van der Waals surface area contributed by atoms with E-state index in [9.17, 15) is 4.79 Å². The highest BCUT2D eigenvalue weighted by atomic mass is 35.5. The maximum absolute atomic E-state index is 10.9. The summed E-state index contributed by atoms with van der Waals surface area (Å²) in [6.07, 6.45) is -0.161. The van der Waals surface area contributed by atoms with Crippen molar-refractivity contribution in [2.75, 3.05) is 27.2 Å². The van der Waals surface area contributed by atoms with Crippen molar-refractivity contribution in [1.29, 1.82) is 0 Å². The molecule has 0 bridgehead atoms. The molecule has 0 amide bonds. The molecule has 1 aromatic rings. The van der Waals surface area contributed by atoms with Gasteiger partial charge >= 0.3 is 5.97 Å². The first-order valence-electron chi connectivity index (χ1n) is 6.60. The van der Waals surface area contributed by atoms with Crippen LogP contribution in [0, 0.1) is 0 Å². The maximum atomic E-state index is 10.9. The van der Waals surface area contributed by atoms with Gasteiger partial charge in [-0.05, 0) is 13.1 Å². The van der Waals surface area contributed by atoms with Gasteiger partial charge in [-0.3, -0.25) is 9.69 Å². The molecule has 116 valence electrons. The van der Waals surface area contributed by atoms with Crippen molar-refractivity contribution in [2.45, 2.75) is 18.6 Å². The molecule has 1 aromatic carbocycles. The number of likely N-dealkylation sites (N-methyl/N-ethyl adjacent to an activating group) is 1. The van der Waals surface area contributed by atoms with Gasteiger partial charge in [-0.1, -0.05) is 11.6 Å². The summed E-state index contributed by atoms with van der Waals surface area (Å²) in [5.74, 6) is -0.0302. The van der Waals surface area contributed by atoms with Crippen molar-refractivity contribution in [3.63, 3.8) is 0 Å². The number of carbonyl (C=O) groups is 1. The minimum atomic E-state index is -0.976. The second kappa shape index (κ2) is 6.51. The van der Waals surface area contributed by atoms with Crippen LogP contribution >= 0.6 is 11.6 Å². The fourth-order valence-electron chi connectivity index (χ4n) is 2.32. The summed E-state index contributed by atoms with van der Waals surface area (Å²) < 4.78 is 11.2. The number of aliphatic carboxylic acids is 1. The fourth-order valence-corrected chi connectivity index (χ4v) is 2.54. The third-order valence-corrected chi connectivity index (χ3v) is 3.60. The van der Waals surface area contributed by atoms with Gasteiger partial charge in [0.1, 0.15) is 6.10 Å². The Labute approximate surface area is 128 Å². The van der Waals surface area contributed by atoms with E-state index in [1.165, 1.54) is 7.11 Å². The monoisotopic (exact) mass is 314 g/mol. The van der Waals surface area contributed by atoms with Crippen molar-refractivity contribution >= 4 is 17.6 Å². The van der Waals surface area contributed by atoms with E-state index in [1.807, 2.05) is 7.05 Å². The molecule has 1 saturated heterocycles. The Balaban J connectivity index is 2.31. The molecule has 0 aromatic heterocycles. The van der Waals surface area contributed by atoms with Crippen molar-refractivity contribution in [3.8, 4) is 11.5 Å². The molecule has 1 unspecified atom stereocenters. The van der Waals surface area contributed by atoms with E-state index in [0.717, 1.165) is 13.1 Å². The zero-order valence-electron chi connectivity index (χ0n) is 12.0. The van der Waals surface area contributed by atoms with Crippen molar-refractivity contribution in [3.05, 3.63) is 22.7 Å². The summed E-state index contributed by atoms with van der Waals surface area (Å²) in [6.45, 7) is 1.61. The van der Waals surface area contributed by atoms with Gasteiger partial charge < -0.3 is 20.3 Å². The second-order valence-electron chi connectivity index (χ2n) is 5.19. The van der Waals surface area contributed by atoms with Gasteiger partial charge in [0, 0.05) is 35.8 Å². The molecule has 3 N–H and O–H groups in total. The summed E-state index contributed by atoms with van der Waals surface area (Å²) in [7, 11) is 3.51. The standard InChI is InChI=1S/C14H19ClN2O4/c1-17-6-9(7-17)21-14-10(11(16)5-13(18)19)3-8(15)4-12(14)20-2/h3-4,9,11H,5-7,16H2,1-2H3,(H,18,19). The summed E-state index contributed by atoms with van der Waals surface area (Å²) in [4.78, 5) is 13.0. The molecule has 7 heteroatoms. The van der Waals surface area contributed by atoms with Crippen LogP contribution in [0.2, 0.25) is 5.02 Å². The van der Waals surface area contributed by atoms with Gasteiger partial charge in [-0.25, -0.2) is 0 Å². The van der Waals surface area contributed by atoms with E-state index in [4.69, 9.17) is 31.9 Å². The van der Waals surface area contributed by atoms with Gasteiger partial charge in [-0.2, -0.15) is 0 Å². The lowest BCUT2D eigenvalue weighted by atomic mass is 10.0. The van der Waals surface area contributed by atoms with Crippen molar-refractivity contribution < 1.29 is 19.4 Å². The molecule has 0 aliphatic carbocycles. The molecular formula is C14H19ClN2O4. The number of nitrogens with zero attached hydrogens (tertiary/aromatic N) is 1. The van der Waals surface area contributed by atoms with Crippen LogP contribution < -0.4 is 15.2 Å². The molecule has 1 fully saturated rings. The largest absolute Gasteiger partial charge is 0.493 e. The first-order valence-corrected chi connectivity index (χ1v) is 6.98. The summed E-state index contributed by atoms with van der Waals surface area (Å²) >= 11 is 6.04. The Bertz CT molecular complexity index is 532. The predicted molar refractivity (Wildman–Crippen MR) is 79.1 cm³/mol. The SMILES string of the molecule is COc1cc(Cl)cc(C(N)CC(=O)O)c1OC1CN(C)C1. The molecule has 1 atom stereocenters. The topological polar surface area (TPSA) is 85.0 Å². The summed E-state index contributed by atoms with van der Waals surface area (Å²) in [6, 6.07) is 2.56. The van der Waals surface area contributed by atoms with E-state index < -0.39 is 12.0 Å². The van der Waals surface area contributed by atoms with Crippen molar-refractivity contribution in [1.82, 2.24) is 4.90 Å². The fraction of sp³-hybridized carbons (Fsp3) is 0.500. The number of nitrogens with two attached hydrogens (primary N) is 1. The number of benzene rings is 1. The van der Waals surface area contributed by atoms with Gasteiger partial charge in [0.25, 0.3) is 0 Å². The molecular weight excluding hydrogens is 296 g/mol. The zero-order chi connectivity index (χ0) is 15.6.